The molecule has 0 radical (unpaired) electrons. The van der Waals surface area contributed by atoms with E-state index < -0.39 is 0 Å². The largest absolute Gasteiger partial charge is 0.393 e. The van der Waals surface area contributed by atoms with Crippen LogP contribution in [0.1, 0.15) is 60.3 Å². The average Bonchev–Trinajstić information content (AvgIpc) is 2.02. The van der Waals surface area contributed by atoms with Gasteiger partial charge < -0.3 is 5.11 Å². The summed E-state index contributed by atoms with van der Waals surface area (Å²) >= 11 is 0. The van der Waals surface area contributed by atoms with Gasteiger partial charge in [0.1, 0.15) is 0 Å². The van der Waals surface area contributed by atoms with Gasteiger partial charge in [-0.15, -0.1) is 0 Å². The second-order valence-corrected chi connectivity index (χ2v) is 5.44. The molecular formula is C13H28O. The molecule has 0 aromatic carbocycles. The number of aliphatic hydroxyl groups is 1. The van der Waals surface area contributed by atoms with Gasteiger partial charge in [-0.1, -0.05) is 47.5 Å². The van der Waals surface area contributed by atoms with Crippen molar-refractivity contribution < 1.29 is 5.11 Å². The van der Waals surface area contributed by atoms with E-state index in [-0.39, 0.29) is 6.10 Å². The zero-order chi connectivity index (χ0) is 11.1. The predicted molar refractivity (Wildman–Crippen MR) is 63.3 cm³/mol. The van der Waals surface area contributed by atoms with E-state index in [1.54, 1.807) is 0 Å². The molecule has 0 heterocycles. The molecule has 0 saturated carbocycles. The van der Waals surface area contributed by atoms with Gasteiger partial charge in [-0.3, -0.25) is 0 Å². The van der Waals surface area contributed by atoms with Crippen LogP contribution in [0.15, 0.2) is 0 Å². The molecule has 0 aliphatic carbocycles. The molecule has 2 atom stereocenters. The lowest BCUT2D eigenvalue weighted by Gasteiger charge is -2.17. The van der Waals surface area contributed by atoms with Gasteiger partial charge in [-0.2, -0.15) is 0 Å². The molecule has 1 N–H and O–H groups in total. The van der Waals surface area contributed by atoms with E-state index in [1.165, 1.54) is 12.8 Å². The van der Waals surface area contributed by atoms with Gasteiger partial charge in [0.15, 0.2) is 0 Å². The molecule has 0 aromatic rings. The van der Waals surface area contributed by atoms with Crippen molar-refractivity contribution in [2.45, 2.75) is 66.4 Å². The first-order chi connectivity index (χ1) is 6.43. The highest BCUT2D eigenvalue weighted by Crippen LogP contribution is 2.19. The minimum absolute atomic E-state index is 0.0747. The molecule has 86 valence electrons. The molecule has 0 amide bonds. The highest BCUT2D eigenvalue weighted by molar-refractivity contribution is 4.62. The lowest BCUT2D eigenvalue weighted by atomic mass is 9.91. The number of rotatable bonds is 7. The molecule has 14 heavy (non-hydrogen) atoms. The summed E-state index contributed by atoms with van der Waals surface area (Å²) in [6.45, 7) is 11.2. The Kier molecular flexibility index (Phi) is 7.26. The summed E-state index contributed by atoms with van der Waals surface area (Å²) < 4.78 is 0. The molecule has 0 rings (SSSR count). The van der Waals surface area contributed by atoms with E-state index in [0.717, 1.165) is 24.7 Å². The third kappa shape index (κ3) is 7.37. The Hall–Kier alpha value is -0.0400. The molecule has 0 aliphatic rings. The molecule has 1 heteroatoms. The quantitative estimate of drug-likeness (QED) is 0.661. The predicted octanol–water partition coefficient (Wildman–Crippen LogP) is 3.86. The maximum absolute atomic E-state index is 9.67. The van der Waals surface area contributed by atoms with Gasteiger partial charge in [0.2, 0.25) is 0 Å². The number of hydrogen-bond acceptors (Lipinski definition) is 1. The van der Waals surface area contributed by atoms with Crippen molar-refractivity contribution in [1.29, 1.82) is 0 Å². The summed E-state index contributed by atoms with van der Waals surface area (Å²) in [6, 6.07) is 0. The summed E-state index contributed by atoms with van der Waals surface area (Å²) in [5.41, 5.74) is 0. The molecule has 1 nitrogen and oxygen atoms in total. The number of aliphatic hydroxyl groups excluding tert-OH is 1. The molecule has 0 saturated heterocycles. The maximum atomic E-state index is 9.67. The van der Waals surface area contributed by atoms with E-state index in [2.05, 4.69) is 34.6 Å². The summed E-state index contributed by atoms with van der Waals surface area (Å²) in [5.74, 6) is 2.19. The minimum atomic E-state index is -0.0747. The van der Waals surface area contributed by atoms with E-state index in [9.17, 15) is 5.11 Å². The van der Waals surface area contributed by atoms with Crippen LogP contribution in [0, 0.1) is 17.8 Å². The molecule has 0 bridgehead atoms. The lowest BCUT2D eigenvalue weighted by molar-refractivity contribution is 0.133. The van der Waals surface area contributed by atoms with Crippen LogP contribution in [0.3, 0.4) is 0 Å². The zero-order valence-electron chi connectivity index (χ0n) is 10.6. The van der Waals surface area contributed by atoms with E-state index in [1.807, 2.05) is 0 Å². The van der Waals surface area contributed by atoms with Crippen molar-refractivity contribution in [2.24, 2.45) is 17.8 Å². The van der Waals surface area contributed by atoms with Crippen molar-refractivity contribution in [2.75, 3.05) is 0 Å². The SMILES string of the molecule is CC(C)CC(O)CCC[C@@H](C)C(C)C. The van der Waals surface area contributed by atoms with Crippen molar-refractivity contribution in [3.05, 3.63) is 0 Å². The third-order valence-electron chi connectivity index (χ3n) is 3.08. The minimum Gasteiger partial charge on any atom is -0.393 e. The van der Waals surface area contributed by atoms with Crippen molar-refractivity contribution in [3.8, 4) is 0 Å². The Morgan fingerprint density at radius 3 is 1.93 bits per heavy atom. The monoisotopic (exact) mass is 200 g/mol. The average molecular weight is 200 g/mol. The van der Waals surface area contributed by atoms with Crippen molar-refractivity contribution in [3.63, 3.8) is 0 Å². The van der Waals surface area contributed by atoms with Gasteiger partial charge >= 0.3 is 0 Å². The smallest absolute Gasteiger partial charge is 0.0542 e. The fraction of sp³-hybridized carbons (Fsp3) is 1.00. The number of hydrogen-bond donors (Lipinski definition) is 1. The van der Waals surface area contributed by atoms with Crippen LogP contribution in [0.5, 0.6) is 0 Å². The van der Waals surface area contributed by atoms with Gasteiger partial charge in [0.25, 0.3) is 0 Å². The van der Waals surface area contributed by atoms with Gasteiger partial charge in [-0.05, 0) is 30.6 Å². The van der Waals surface area contributed by atoms with Crippen LogP contribution in [0.4, 0.5) is 0 Å². The standard InChI is InChI=1S/C13H28O/c1-10(2)9-13(14)8-6-7-12(5)11(3)4/h10-14H,6-9H2,1-5H3/t12-,13?/m1/s1. The topological polar surface area (TPSA) is 20.2 Å². The first kappa shape index (κ1) is 14.0. The Balaban J connectivity index is 3.44. The molecular weight excluding hydrogens is 172 g/mol. The first-order valence-electron chi connectivity index (χ1n) is 6.11. The normalized spacial score (nSPS) is 16.3. The molecule has 0 aromatic heterocycles. The summed E-state index contributed by atoms with van der Waals surface area (Å²) in [4.78, 5) is 0. The van der Waals surface area contributed by atoms with Crippen LogP contribution in [-0.2, 0) is 0 Å². The van der Waals surface area contributed by atoms with Crippen LogP contribution < -0.4 is 0 Å². The Morgan fingerprint density at radius 1 is 0.929 bits per heavy atom. The summed E-state index contributed by atoms with van der Waals surface area (Å²) in [6.07, 6.45) is 4.29. The first-order valence-corrected chi connectivity index (χ1v) is 6.11. The third-order valence-corrected chi connectivity index (χ3v) is 3.08. The highest BCUT2D eigenvalue weighted by atomic mass is 16.3. The van der Waals surface area contributed by atoms with E-state index in [0.29, 0.717) is 5.92 Å². The molecule has 1 unspecified atom stereocenters. The van der Waals surface area contributed by atoms with E-state index >= 15 is 0 Å². The molecule has 0 spiro atoms. The Labute approximate surface area is 89.9 Å². The van der Waals surface area contributed by atoms with Crippen molar-refractivity contribution in [1.82, 2.24) is 0 Å². The lowest BCUT2D eigenvalue weighted by Crippen LogP contribution is -2.11. The molecule has 0 fully saturated rings. The van der Waals surface area contributed by atoms with Crippen LogP contribution in [0.2, 0.25) is 0 Å². The molecule has 0 aliphatic heterocycles. The van der Waals surface area contributed by atoms with Crippen LogP contribution in [0.25, 0.3) is 0 Å². The summed E-state index contributed by atoms with van der Waals surface area (Å²) in [5, 5.41) is 9.67. The fourth-order valence-corrected chi connectivity index (χ4v) is 1.67. The van der Waals surface area contributed by atoms with Crippen molar-refractivity contribution >= 4 is 0 Å². The van der Waals surface area contributed by atoms with Gasteiger partial charge in [0.05, 0.1) is 6.10 Å². The zero-order valence-corrected chi connectivity index (χ0v) is 10.6. The van der Waals surface area contributed by atoms with Crippen LogP contribution in [-0.4, -0.2) is 11.2 Å². The van der Waals surface area contributed by atoms with Crippen LogP contribution >= 0.6 is 0 Å². The summed E-state index contributed by atoms with van der Waals surface area (Å²) in [7, 11) is 0. The second kappa shape index (κ2) is 7.28. The fourth-order valence-electron chi connectivity index (χ4n) is 1.67. The van der Waals surface area contributed by atoms with Gasteiger partial charge in [-0.25, -0.2) is 0 Å². The van der Waals surface area contributed by atoms with Gasteiger partial charge in [0, 0.05) is 0 Å². The highest BCUT2D eigenvalue weighted by Gasteiger charge is 2.10. The van der Waals surface area contributed by atoms with E-state index in [4.69, 9.17) is 0 Å². The second-order valence-electron chi connectivity index (χ2n) is 5.44. The maximum Gasteiger partial charge on any atom is 0.0542 e. The Bertz CT molecular complexity index is 129. The Morgan fingerprint density at radius 2 is 1.50 bits per heavy atom.